The summed E-state index contributed by atoms with van der Waals surface area (Å²) in [4.78, 5) is 10.6. The van der Waals surface area contributed by atoms with Gasteiger partial charge >= 0.3 is 5.97 Å². The molecule has 1 aromatic carbocycles. The number of carbonyl (C=O) groups is 1. The van der Waals surface area contributed by atoms with Gasteiger partial charge in [0.2, 0.25) is 0 Å². The van der Waals surface area contributed by atoms with E-state index in [0.29, 0.717) is 6.42 Å². The Morgan fingerprint density at radius 2 is 2.13 bits per heavy atom. The molecule has 0 unspecified atom stereocenters. The molecule has 0 aromatic heterocycles. The number of carboxylic acids is 1. The number of allylic oxidation sites excluding steroid dienone is 1. The lowest BCUT2D eigenvalue weighted by atomic mass is 9.97. The fourth-order valence-corrected chi connectivity index (χ4v) is 1.49. The average Bonchev–Trinajstić information content (AvgIpc) is 2.25. The van der Waals surface area contributed by atoms with Crippen molar-refractivity contribution >= 4 is 17.6 Å². The summed E-state index contributed by atoms with van der Waals surface area (Å²) in [6.07, 6.45) is 3.68. The van der Waals surface area contributed by atoms with Gasteiger partial charge < -0.3 is 5.11 Å². The highest BCUT2D eigenvalue weighted by Gasteiger charge is 2.04. The molecule has 0 aliphatic carbocycles. The van der Waals surface area contributed by atoms with Crippen LogP contribution in [0.5, 0.6) is 0 Å². The first-order valence-corrected chi connectivity index (χ1v) is 4.84. The van der Waals surface area contributed by atoms with Gasteiger partial charge in [-0.05, 0) is 23.1 Å². The first-order valence-electron chi connectivity index (χ1n) is 4.84. The van der Waals surface area contributed by atoms with Crippen molar-refractivity contribution in [3.8, 4) is 0 Å². The molecule has 78 valence electrons. The van der Waals surface area contributed by atoms with Crippen LogP contribution in [0.25, 0.3) is 11.6 Å². The molecular weight excluding hydrogens is 188 g/mol. The van der Waals surface area contributed by atoms with Gasteiger partial charge in [0.05, 0.1) is 0 Å². The average molecular weight is 202 g/mol. The molecule has 0 fully saturated rings. The highest BCUT2D eigenvalue weighted by molar-refractivity contribution is 5.91. The standard InChI is InChI=1S/C13H14O2/c1-3-10-7-5-6-8-12(10)11(4-2)9-13(14)15/h3,5-9H,1,4H2,2H3,(H,14,15)/b11-9+. The second kappa shape index (κ2) is 5.15. The van der Waals surface area contributed by atoms with Crippen LogP contribution in [0.1, 0.15) is 24.5 Å². The Bertz CT molecular complexity index is 403. The molecule has 0 bridgehead atoms. The van der Waals surface area contributed by atoms with Crippen molar-refractivity contribution in [2.24, 2.45) is 0 Å². The lowest BCUT2D eigenvalue weighted by Gasteiger charge is -2.07. The largest absolute Gasteiger partial charge is 0.478 e. The SMILES string of the molecule is C=Cc1ccccc1/C(=C/C(=O)O)CC. The van der Waals surface area contributed by atoms with Gasteiger partial charge in [-0.25, -0.2) is 4.79 Å². The molecule has 2 heteroatoms. The minimum Gasteiger partial charge on any atom is -0.478 e. The molecular formula is C13H14O2. The molecule has 1 rings (SSSR count). The highest BCUT2D eigenvalue weighted by atomic mass is 16.4. The number of aliphatic carboxylic acids is 1. The van der Waals surface area contributed by atoms with Gasteiger partial charge in [-0.3, -0.25) is 0 Å². The lowest BCUT2D eigenvalue weighted by molar-refractivity contribution is -0.131. The minimum atomic E-state index is -0.911. The van der Waals surface area contributed by atoms with Gasteiger partial charge in [0.25, 0.3) is 0 Å². The highest BCUT2D eigenvalue weighted by Crippen LogP contribution is 2.22. The van der Waals surface area contributed by atoms with Crippen molar-refractivity contribution in [3.05, 3.63) is 48.0 Å². The summed E-state index contributed by atoms with van der Waals surface area (Å²) in [5.74, 6) is -0.911. The monoisotopic (exact) mass is 202 g/mol. The predicted molar refractivity (Wildman–Crippen MR) is 62.4 cm³/mol. The number of rotatable bonds is 4. The molecule has 0 amide bonds. The van der Waals surface area contributed by atoms with Crippen molar-refractivity contribution in [3.63, 3.8) is 0 Å². The van der Waals surface area contributed by atoms with Crippen molar-refractivity contribution in [2.75, 3.05) is 0 Å². The van der Waals surface area contributed by atoms with Crippen molar-refractivity contribution in [1.29, 1.82) is 0 Å². The fourth-order valence-electron chi connectivity index (χ4n) is 1.49. The summed E-state index contributed by atoms with van der Waals surface area (Å²) < 4.78 is 0. The van der Waals surface area contributed by atoms with Crippen LogP contribution in [0.3, 0.4) is 0 Å². The van der Waals surface area contributed by atoms with Crippen molar-refractivity contribution < 1.29 is 9.90 Å². The van der Waals surface area contributed by atoms with E-state index in [-0.39, 0.29) is 0 Å². The Kier molecular flexibility index (Phi) is 3.86. The number of hydrogen-bond donors (Lipinski definition) is 1. The van der Waals surface area contributed by atoms with E-state index >= 15 is 0 Å². The van der Waals surface area contributed by atoms with Crippen LogP contribution in [-0.4, -0.2) is 11.1 Å². The molecule has 0 aliphatic rings. The van der Waals surface area contributed by atoms with Crippen LogP contribution >= 0.6 is 0 Å². The Morgan fingerprint density at radius 1 is 1.47 bits per heavy atom. The number of benzene rings is 1. The van der Waals surface area contributed by atoms with Gasteiger partial charge in [0.15, 0.2) is 0 Å². The third kappa shape index (κ3) is 2.81. The van der Waals surface area contributed by atoms with Crippen molar-refractivity contribution in [1.82, 2.24) is 0 Å². The van der Waals surface area contributed by atoms with Crippen molar-refractivity contribution in [2.45, 2.75) is 13.3 Å². The Labute approximate surface area is 89.6 Å². The first kappa shape index (κ1) is 11.2. The van der Waals surface area contributed by atoms with E-state index in [1.54, 1.807) is 6.08 Å². The summed E-state index contributed by atoms with van der Waals surface area (Å²) in [6, 6.07) is 7.64. The maximum atomic E-state index is 10.6. The van der Waals surface area contributed by atoms with Crippen LogP contribution in [-0.2, 0) is 4.79 Å². The molecule has 1 N–H and O–H groups in total. The maximum Gasteiger partial charge on any atom is 0.328 e. The van der Waals surface area contributed by atoms with E-state index in [2.05, 4.69) is 6.58 Å². The molecule has 15 heavy (non-hydrogen) atoms. The second-order valence-electron chi connectivity index (χ2n) is 3.15. The maximum absolute atomic E-state index is 10.6. The predicted octanol–water partition coefficient (Wildman–Crippen LogP) is 3.21. The van der Waals surface area contributed by atoms with Gasteiger partial charge in [-0.2, -0.15) is 0 Å². The summed E-state index contributed by atoms with van der Waals surface area (Å²) in [5.41, 5.74) is 2.72. The minimum absolute atomic E-state index is 0.692. The molecule has 1 aromatic rings. The molecule has 0 saturated heterocycles. The van der Waals surface area contributed by atoms with E-state index in [0.717, 1.165) is 16.7 Å². The van der Waals surface area contributed by atoms with Crippen LogP contribution in [0.15, 0.2) is 36.9 Å². The van der Waals surface area contributed by atoms with Gasteiger partial charge in [0.1, 0.15) is 0 Å². The summed E-state index contributed by atoms with van der Waals surface area (Å²) in [7, 11) is 0. The molecule has 0 atom stereocenters. The van der Waals surface area contributed by atoms with E-state index in [9.17, 15) is 4.79 Å². The third-order valence-electron chi connectivity index (χ3n) is 2.21. The smallest absolute Gasteiger partial charge is 0.328 e. The van der Waals surface area contributed by atoms with E-state index < -0.39 is 5.97 Å². The Balaban J connectivity index is 3.23. The number of hydrogen-bond acceptors (Lipinski definition) is 1. The molecule has 2 nitrogen and oxygen atoms in total. The van der Waals surface area contributed by atoms with Crippen LogP contribution < -0.4 is 0 Å². The fraction of sp³-hybridized carbons (Fsp3) is 0.154. The first-order chi connectivity index (χ1) is 7.19. The third-order valence-corrected chi connectivity index (χ3v) is 2.21. The summed E-state index contributed by atoms with van der Waals surface area (Å²) in [5, 5.41) is 8.74. The summed E-state index contributed by atoms with van der Waals surface area (Å²) in [6.45, 7) is 5.65. The van der Waals surface area contributed by atoms with Gasteiger partial charge in [-0.1, -0.05) is 43.8 Å². The quantitative estimate of drug-likeness (QED) is 0.761. The van der Waals surface area contributed by atoms with Gasteiger partial charge in [-0.15, -0.1) is 0 Å². The Morgan fingerprint density at radius 3 is 2.67 bits per heavy atom. The zero-order valence-corrected chi connectivity index (χ0v) is 8.73. The topological polar surface area (TPSA) is 37.3 Å². The molecule has 0 radical (unpaired) electrons. The molecule has 0 saturated carbocycles. The zero-order chi connectivity index (χ0) is 11.3. The molecule has 0 spiro atoms. The second-order valence-corrected chi connectivity index (χ2v) is 3.15. The van der Waals surface area contributed by atoms with E-state index in [4.69, 9.17) is 5.11 Å². The van der Waals surface area contributed by atoms with E-state index in [1.165, 1.54) is 6.08 Å². The van der Waals surface area contributed by atoms with Crippen LogP contribution in [0, 0.1) is 0 Å². The normalized spacial score (nSPS) is 11.1. The van der Waals surface area contributed by atoms with Crippen LogP contribution in [0.2, 0.25) is 0 Å². The molecule has 0 aliphatic heterocycles. The zero-order valence-electron chi connectivity index (χ0n) is 8.73. The number of carboxylic acid groups (broad SMARTS) is 1. The lowest BCUT2D eigenvalue weighted by Crippen LogP contribution is -1.93. The van der Waals surface area contributed by atoms with E-state index in [1.807, 2.05) is 31.2 Å². The summed E-state index contributed by atoms with van der Waals surface area (Å²) >= 11 is 0. The van der Waals surface area contributed by atoms with Crippen LogP contribution in [0.4, 0.5) is 0 Å². The molecule has 0 heterocycles. The Hall–Kier alpha value is -1.83. The van der Waals surface area contributed by atoms with Gasteiger partial charge in [0, 0.05) is 6.08 Å².